The van der Waals surface area contributed by atoms with E-state index in [1.807, 2.05) is 0 Å². The standard InChI is InChI=1S/C23H20F3N5O3/c1-22(25,26)16-5-2-14(3-6-16)10-31-19(32)11-30(18-7-4-15(9-27)8-17(18)24)20(33)23(31)12-29(13-23)21(28)34/h2-8H,10-13H2,1H3,(H2,28,34). The second-order valence-electron chi connectivity index (χ2n) is 8.46. The van der Waals surface area contributed by atoms with Crippen LogP contribution in [0.15, 0.2) is 42.5 Å². The van der Waals surface area contributed by atoms with E-state index in [-0.39, 0.29) is 36.4 Å². The third kappa shape index (κ3) is 3.81. The van der Waals surface area contributed by atoms with Crippen molar-refractivity contribution in [3.63, 3.8) is 0 Å². The van der Waals surface area contributed by atoms with Crippen LogP contribution in [-0.4, -0.2) is 52.8 Å². The smallest absolute Gasteiger partial charge is 0.314 e. The monoisotopic (exact) mass is 471 g/mol. The number of rotatable bonds is 4. The van der Waals surface area contributed by atoms with Crippen molar-refractivity contribution in [1.82, 2.24) is 9.80 Å². The second kappa shape index (κ2) is 8.06. The van der Waals surface area contributed by atoms with Crippen molar-refractivity contribution in [2.24, 2.45) is 5.73 Å². The minimum atomic E-state index is -3.03. The maximum absolute atomic E-state index is 14.7. The summed E-state index contributed by atoms with van der Waals surface area (Å²) in [5.41, 5.74) is 4.03. The number of benzene rings is 2. The van der Waals surface area contributed by atoms with Gasteiger partial charge in [0.2, 0.25) is 5.91 Å². The number of hydrogen-bond acceptors (Lipinski definition) is 4. The molecule has 2 aliphatic heterocycles. The Morgan fingerprint density at radius 2 is 1.82 bits per heavy atom. The molecule has 2 saturated heterocycles. The molecule has 0 aliphatic carbocycles. The van der Waals surface area contributed by atoms with Gasteiger partial charge in [-0.05, 0) is 23.8 Å². The molecule has 2 heterocycles. The van der Waals surface area contributed by atoms with Crippen LogP contribution in [0.2, 0.25) is 0 Å². The number of hydrogen-bond donors (Lipinski definition) is 1. The lowest BCUT2D eigenvalue weighted by Gasteiger charge is -2.57. The number of nitriles is 1. The summed E-state index contributed by atoms with van der Waals surface area (Å²) >= 11 is 0. The highest BCUT2D eigenvalue weighted by Crippen LogP contribution is 2.37. The molecule has 0 saturated carbocycles. The number of nitrogens with two attached hydrogens (primary N) is 1. The normalized spacial score (nSPS) is 17.6. The van der Waals surface area contributed by atoms with Crippen molar-refractivity contribution in [2.75, 3.05) is 24.5 Å². The van der Waals surface area contributed by atoms with Gasteiger partial charge in [-0.15, -0.1) is 0 Å². The Bertz CT molecular complexity index is 1210. The fraction of sp³-hybridized carbons (Fsp3) is 0.304. The number of carbonyl (C=O) groups is 3. The van der Waals surface area contributed by atoms with E-state index in [1.165, 1.54) is 46.2 Å². The summed E-state index contributed by atoms with van der Waals surface area (Å²) in [5, 5.41) is 8.96. The number of likely N-dealkylation sites (tertiary alicyclic amines) is 1. The molecular weight excluding hydrogens is 451 g/mol. The number of primary amides is 1. The molecule has 2 N–H and O–H groups in total. The number of anilines is 1. The highest BCUT2D eigenvalue weighted by molar-refractivity contribution is 6.10. The van der Waals surface area contributed by atoms with E-state index >= 15 is 0 Å². The van der Waals surface area contributed by atoms with Crippen molar-refractivity contribution in [3.8, 4) is 6.07 Å². The molecule has 0 unspecified atom stereocenters. The molecule has 2 aromatic rings. The topological polar surface area (TPSA) is 111 Å². The van der Waals surface area contributed by atoms with Gasteiger partial charge in [-0.3, -0.25) is 14.5 Å². The van der Waals surface area contributed by atoms with E-state index < -0.39 is 41.7 Å². The molecule has 2 fully saturated rings. The zero-order valence-corrected chi connectivity index (χ0v) is 18.1. The lowest BCUT2D eigenvalue weighted by Crippen LogP contribution is -2.81. The summed E-state index contributed by atoms with van der Waals surface area (Å²) in [6.07, 6.45) is 0. The lowest BCUT2D eigenvalue weighted by molar-refractivity contribution is -0.161. The van der Waals surface area contributed by atoms with Crippen molar-refractivity contribution < 1.29 is 27.6 Å². The first-order valence-electron chi connectivity index (χ1n) is 10.3. The van der Waals surface area contributed by atoms with Crippen molar-refractivity contribution in [3.05, 3.63) is 65.0 Å². The average Bonchev–Trinajstić information content (AvgIpc) is 2.74. The van der Waals surface area contributed by atoms with Crippen molar-refractivity contribution in [1.29, 1.82) is 5.26 Å². The molecule has 2 aromatic carbocycles. The zero-order chi connectivity index (χ0) is 24.8. The van der Waals surface area contributed by atoms with Gasteiger partial charge < -0.3 is 15.5 Å². The van der Waals surface area contributed by atoms with E-state index in [9.17, 15) is 27.6 Å². The first-order chi connectivity index (χ1) is 16.0. The molecule has 0 radical (unpaired) electrons. The predicted molar refractivity (Wildman–Crippen MR) is 114 cm³/mol. The molecule has 34 heavy (non-hydrogen) atoms. The lowest BCUT2D eigenvalue weighted by atomic mass is 9.83. The Balaban J connectivity index is 1.67. The molecule has 2 aliphatic rings. The summed E-state index contributed by atoms with van der Waals surface area (Å²) in [4.78, 5) is 41.8. The number of urea groups is 1. The molecule has 11 heteroatoms. The molecule has 0 atom stereocenters. The van der Waals surface area contributed by atoms with Crippen molar-refractivity contribution >= 4 is 23.5 Å². The fourth-order valence-corrected chi connectivity index (χ4v) is 4.26. The Kier molecular flexibility index (Phi) is 5.47. The minimum absolute atomic E-state index is 0.0537. The van der Waals surface area contributed by atoms with Crippen LogP contribution in [0.3, 0.4) is 0 Å². The van der Waals surface area contributed by atoms with E-state index in [0.29, 0.717) is 5.56 Å². The summed E-state index contributed by atoms with van der Waals surface area (Å²) < 4.78 is 41.7. The molecule has 1 spiro atoms. The Hall–Kier alpha value is -4.07. The quantitative estimate of drug-likeness (QED) is 0.738. The number of nitrogens with zero attached hydrogens (tertiary/aromatic N) is 4. The average molecular weight is 471 g/mol. The first kappa shape index (κ1) is 23.1. The molecule has 8 nitrogen and oxygen atoms in total. The van der Waals surface area contributed by atoms with E-state index in [2.05, 4.69) is 0 Å². The highest BCUT2D eigenvalue weighted by Gasteiger charge is 2.60. The Morgan fingerprint density at radius 3 is 2.35 bits per heavy atom. The van der Waals surface area contributed by atoms with Gasteiger partial charge in [-0.2, -0.15) is 5.26 Å². The van der Waals surface area contributed by atoms with Crippen LogP contribution in [-0.2, 0) is 22.1 Å². The molecule has 0 aromatic heterocycles. The van der Waals surface area contributed by atoms with Gasteiger partial charge in [-0.25, -0.2) is 18.0 Å². The molecule has 0 bridgehead atoms. The van der Waals surface area contributed by atoms with Crippen LogP contribution >= 0.6 is 0 Å². The van der Waals surface area contributed by atoms with Crippen molar-refractivity contribution in [2.45, 2.75) is 24.9 Å². The number of carbonyl (C=O) groups excluding carboxylic acids is 3. The summed E-state index contributed by atoms with van der Waals surface area (Å²) in [6, 6.07) is 9.93. The number of amides is 4. The van der Waals surface area contributed by atoms with Crippen LogP contribution in [0, 0.1) is 17.1 Å². The number of piperazine rings is 1. The summed E-state index contributed by atoms with van der Waals surface area (Å²) in [5.74, 6) is -4.99. The van der Waals surface area contributed by atoms with Gasteiger partial charge in [0.05, 0.1) is 30.4 Å². The molecule has 4 amide bonds. The van der Waals surface area contributed by atoms with Crippen LogP contribution < -0.4 is 10.6 Å². The minimum Gasteiger partial charge on any atom is -0.351 e. The van der Waals surface area contributed by atoms with Gasteiger partial charge in [-0.1, -0.05) is 24.3 Å². The van der Waals surface area contributed by atoms with Gasteiger partial charge >= 0.3 is 6.03 Å². The van der Waals surface area contributed by atoms with E-state index in [1.54, 1.807) is 6.07 Å². The van der Waals surface area contributed by atoms with E-state index in [0.717, 1.165) is 17.9 Å². The Labute approximate surface area is 192 Å². The maximum atomic E-state index is 14.7. The van der Waals surface area contributed by atoms with Crippen LogP contribution in [0.5, 0.6) is 0 Å². The Morgan fingerprint density at radius 1 is 1.18 bits per heavy atom. The summed E-state index contributed by atoms with van der Waals surface area (Å²) in [6.45, 7) is -0.145. The van der Waals surface area contributed by atoms with E-state index in [4.69, 9.17) is 11.0 Å². The van der Waals surface area contributed by atoms with Crippen LogP contribution in [0.1, 0.15) is 23.6 Å². The number of alkyl halides is 2. The largest absolute Gasteiger partial charge is 0.351 e. The van der Waals surface area contributed by atoms with Gasteiger partial charge in [0.1, 0.15) is 12.4 Å². The highest BCUT2D eigenvalue weighted by atomic mass is 19.3. The second-order valence-corrected chi connectivity index (χ2v) is 8.46. The molecule has 176 valence electrons. The van der Waals surface area contributed by atoms with Gasteiger partial charge in [0, 0.05) is 19.0 Å². The maximum Gasteiger partial charge on any atom is 0.314 e. The fourth-order valence-electron chi connectivity index (χ4n) is 4.26. The third-order valence-corrected chi connectivity index (χ3v) is 6.14. The van der Waals surface area contributed by atoms with Crippen LogP contribution in [0.4, 0.5) is 23.7 Å². The van der Waals surface area contributed by atoms with Gasteiger partial charge in [0.25, 0.3) is 11.8 Å². The van der Waals surface area contributed by atoms with Gasteiger partial charge in [0.15, 0.2) is 5.54 Å². The SMILES string of the molecule is CC(F)(F)c1ccc(CN2C(=O)CN(c3ccc(C#N)cc3F)C(=O)C23CN(C(N)=O)C3)cc1. The zero-order valence-electron chi connectivity index (χ0n) is 18.1. The predicted octanol–water partition coefficient (Wildman–Crippen LogP) is 2.32. The molecular formula is C23H20F3N5O3. The van der Waals surface area contributed by atoms with Crippen LogP contribution in [0.25, 0.3) is 0 Å². The first-order valence-corrected chi connectivity index (χ1v) is 10.3. The molecule has 4 rings (SSSR count). The number of halogens is 3. The summed E-state index contributed by atoms with van der Waals surface area (Å²) in [7, 11) is 0. The third-order valence-electron chi connectivity index (χ3n) is 6.14.